The van der Waals surface area contributed by atoms with Crippen molar-refractivity contribution in [2.45, 2.75) is 12.7 Å². The number of amides is 1. The standard InChI is InChI=1S/C20H18F3N3O3S/c1-28-8-9-29-18-14(5-3-7-24-18)11-25-17(27)16-12-30-19(26-16)13-4-2-6-15(10-13)20(21,22)23/h2-7,10,12H,8-9,11H2,1H3,(H,25,27). The number of ether oxygens (including phenoxy) is 2. The largest absolute Gasteiger partial charge is 0.475 e. The Bertz CT molecular complexity index is 1010. The average molecular weight is 437 g/mol. The van der Waals surface area contributed by atoms with Crippen molar-refractivity contribution < 1.29 is 27.4 Å². The van der Waals surface area contributed by atoms with Crippen molar-refractivity contribution in [3.63, 3.8) is 0 Å². The molecule has 2 heterocycles. The van der Waals surface area contributed by atoms with Gasteiger partial charge in [0.15, 0.2) is 0 Å². The van der Waals surface area contributed by atoms with E-state index < -0.39 is 17.6 Å². The summed E-state index contributed by atoms with van der Waals surface area (Å²) in [7, 11) is 1.56. The minimum absolute atomic E-state index is 0.123. The number of hydrogen-bond donors (Lipinski definition) is 1. The quantitative estimate of drug-likeness (QED) is 0.536. The number of carbonyl (C=O) groups excluding carboxylic acids is 1. The van der Waals surface area contributed by atoms with Crippen molar-refractivity contribution >= 4 is 17.2 Å². The number of pyridine rings is 1. The zero-order valence-corrected chi connectivity index (χ0v) is 16.7. The van der Waals surface area contributed by atoms with Gasteiger partial charge in [0.2, 0.25) is 5.88 Å². The number of alkyl halides is 3. The second-order valence-electron chi connectivity index (χ2n) is 6.11. The van der Waals surface area contributed by atoms with Gasteiger partial charge in [0, 0.05) is 36.4 Å². The van der Waals surface area contributed by atoms with Crippen LogP contribution in [0.4, 0.5) is 13.2 Å². The first-order valence-corrected chi connectivity index (χ1v) is 9.73. The molecule has 0 bridgehead atoms. The zero-order chi connectivity index (χ0) is 21.6. The summed E-state index contributed by atoms with van der Waals surface area (Å²) >= 11 is 1.10. The normalized spacial score (nSPS) is 11.3. The van der Waals surface area contributed by atoms with Gasteiger partial charge in [-0.2, -0.15) is 13.2 Å². The number of thiazole rings is 1. The number of nitrogens with one attached hydrogen (secondary N) is 1. The summed E-state index contributed by atoms with van der Waals surface area (Å²) in [6.45, 7) is 0.881. The van der Waals surface area contributed by atoms with Crippen molar-refractivity contribution in [3.05, 3.63) is 64.8 Å². The molecule has 2 aromatic heterocycles. The number of nitrogens with zero attached hydrogens (tertiary/aromatic N) is 2. The highest BCUT2D eigenvalue weighted by molar-refractivity contribution is 7.13. The monoisotopic (exact) mass is 437 g/mol. The highest BCUT2D eigenvalue weighted by Gasteiger charge is 2.30. The van der Waals surface area contributed by atoms with Gasteiger partial charge in [-0.25, -0.2) is 9.97 Å². The van der Waals surface area contributed by atoms with Gasteiger partial charge in [-0.05, 0) is 18.2 Å². The molecule has 3 aromatic rings. The summed E-state index contributed by atoms with van der Waals surface area (Å²) in [6.07, 6.45) is -2.87. The molecule has 158 valence electrons. The molecule has 0 fully saturated rings. The fourth-order valence-corrected chi connectivity index (χ4v) is 3.31. The lowest BCUT2D eigenvalue weighted by Crippen LogP contribution is -2.23. The van der Waals surface area contributed by atoms with E-state index in [4.69, 9.17) is 9.47 Å². The Morgan fingerprint density at radius 1 is 1.20 bits per heavy atom. The first-order chi connectivity index (χ1) is 14.4. The van der Waals surface area contributed by atoms with Crippen LogP contribution in [-0.2, 0) is 17.5 Å². The summed E-state index contributed by atoms with van der Waals surface area (Å²) in [5.41, 5.74) is 0.335. The molecule has 0 saturated carbocycles. The Morgan fingerprint density at radius 3 is 2.80 bits per heavy atom. The van der Waals surface area contributed by atoms with Crippen molar-refractivity contribution in [2.24, 2.45) is 0 Å². The van der Waals surface area contributed by atoms with Crippen LogP contribution >= 0.6 is 11.3 Å². The maximum atomic E-state index is 12.9. The molecular formula is C20H18F3N3O3S. The lowest BCUT2D eigenvalue weighted by atomic mass is 10.1. The number of hydrogen-bond acceptors (Lipinski definition) is 6. The molecule has 30 heavy (non-hydrogen) atoms. The van der Waals surface area contributed by atoms with Gasteiger partial charge >= 0.3 is 6.18 Å². The number of carbonyl (C=O) groups is 1. The van der Waals surface area contributed by atoms with Gasteiger partial charge in [0.25, 0.3) is 5.91 Å². The Balaban J connectivity index is 1.67. The van der Waals surface area contributed by atoms with Gasteiger partial charge < -0.3 is 14.8 Å². The molecule has 0 aliphatic heterocycles. The minimum Gasteiger partial charge on any atom is -0.475 e. The molecule has 10 heteroatoms. The van der Waals surface area contributed by atoms with Crippen molar-refractivity contribution in [1.82, 2.24) is 15.3 Å². The van der Waals surface area contributed by atoms with Crippen LogP contribution in [0.2, 0.25) is 0 Å². The third-order valence-corrected chi connectivity index (χ3v) is 4.88. The van der Waals surface area contributed by atoms with Crippen molar-refractivity contribution in [1.29, 1.82) is 0 Å². The first kappa shape index (κ1) is 21.7. The predicted molar refractivity (Wildman–Crippen MR) is 105 cm³/mol. The molecule has 0 aliphatic rings. The molecule has 1 aromatic carbocycles. The van der Waals surface area contributed by atoms with Crippen molar-refractivity contribution in [2.75, 3.05) is 20.3 Å². The average Bonchev–Trinajstić information content (AvgIpc) is 3.23. The lowest BCUT2D eigenvalue weighted by Gasteiger charge is -2.10. The second kappa shape index (κ2) is 9.68. The van der Waals surface area contributed by atoms with Crippen LogP contribution in [0, 0.1) is 0 Å². The Kier molecular flexibility index (Phi) is 7.01. The summed E-state index contributed by atoms with van der Waals surface area (Å²) in [5.74, 6) is -0.0612. The van der Waals surface area contributed by atoms with Crippen LogP contribution in [0.1, 0.15) is 21.6 Å². The molecular weight excluding hydrogens is 419 g/mol. The maximum absolute atomic E-state index is 12.9. The number of halogens is 3. The van der Waals surface area contributed by atoms with Crippen LogP contribution in [0.25, 0.3) is 10.6 Å². The van der Waals surface area contributed by atoms with Gasteiger partial charge in [-0.1, -0.05) is 18.2 Å². The molecule has 0 unspecified atom stereocenters. The van der Waals surface area contributed by atoms with E-state index in [9.17, 15) is 18.0 Å². The van der Waals surface area contributed by atoms with Gasteiger partial charge in [-0.15, -0.1) is 11.3 Å². The van der Waals surface area contributed by atoms with Crippen LogP contribution < -0.4 is 10.1 Å². The summed E-state index contributed by atoms with van der Waals surface area (Å²) in [5, 5.41) is 4.55. The molecule has 0 saturated heterocycles. The first-order valence-electron chi connectivity index (χ1n) is 8.85. The number of benzene rings is 1. The minimum atomic E-state index is -4.44. The topological polar surface area (TPSA) is 73.3 Å². The van der Waals surface area contributed by atoms with Crippen LogP contribution in [0.5, 0.6) is 5.88 Å². The molecule has 1 amide bonds. The molecule has 0 radical (unpaired) electrons. The predicted octanol–water partition coefficient (Wildman–Crippen LogP) is 4.18. The molecule has 0 aliphatic carbocycles. The number of rotatable bonds is 8. The maximum Gasteiger partial charge on any atom is 0.416 e. The SMILES string of the molecule is COCCOc1ncccc1CNC(=O)c1csc(-c2cccc(C(F)(F)F)c2)n1. The summed E-state index contributed by atoms with van der Waals surface area (Å²) in [4.78, 5) is 20.7. The zero-order valence-electron chi connectivity index (χ0n) is 15.9. The summed E-state index contributed by atoms with van der Waals surface area (Å²) < 4.78 is 49.2. The molecule has 0 spiro atoms. The Morgan fingerprint density at radius 2 is 2.03 bits per heavy atom. The van der Waals surface area contributed by atoms with Crippen molar-refractivity contribution in [3.8, 4) is 16.5 Å². The fraction of sp³-hybridized carbons (Fsp3) is 0.250. The summed E-state index contributed by atoms with van der Waals surface area (Å²) in [6, 6.07) is 8.33. The highest BCUT2D eigenvalue weighted by Crippen LogP contribution is 2.33. The van der Waals surface area contributed by atoms with Crippen LogP contribution in [-0.4, -0.2) is 36.2 Å². The van der Waals surface area contributed by atoms with E-state index in [1.54, 1.807) is 25.4 Å². The van der Waals surface area contributed by atoms with Gasteiger partial charge in [0.1, 0.15) is 17.3 Å². The van der Waals surface area contributed by atoms with Crippen LogP contribution in [0.15, 0.2) is 48.0 Å². The third-order valence-electron chi connectivity index (χ3n) is 3.99. The van der Waals surface area contributed by atoms with E-state index in [1.165, 1.54) is 17.5 Å². The van der Waals surface area contributed by atoms with E-state index in [0.29, 0.717) is 35.2 Å². The number of aromatic nitrogens is 2. The second-order valence-corrected chi connectivity index (χ2v) is 6.97. The van der Waals surface area contributed by atoms with E-state index in [2.05, 4.69) is 15.3 Å². The molecule has 3 rings (SSSR count). The van der Waals surface area contributed by atoms with E-state index in [1.807, 2.05) is 0 Å². The smallest absolute Gasteiger partial charge is 0.416 e. The fourth-order valence-electron chi connectivity index (χ4n) is 2.52. The molecule has 6 nitrogen and oxygen atoms in total. The molecule has 0 atom stereocenters. The van der Waals surface area contributed by atoms with E-state index in [-0.39, 0.29) is 12.2 Å². The highest BCUT2D eigenvalue weighted by atomic mass is 32.1. The van der Waals surface area contributed by atoms with E-state index in [0.717, 1.165) is 23.5 Å². The third kappa shape index (κ3) is 5.55. The Hall–Kier alpha value is -2.98. The lowest BCUT2D eigenvalue weighted by molar-refractivity contribution is -0.137. The number of methoxy groups -OCH3 is 1. The Labute approximate surface area is 174 Å². The molecule has 1 N–H and O–H groups in total. The van der Waals surface area contributed by atoms with E-state index >= 15 is 0 Å². The van der Waals surface area contributed by atoms with Gasteiger partial charge in [0.05, 0.1) is 12.2 Å². The van der Waals surface area contributed by atoms with Crippen LogP contribution in [0.3, 0.4) is 0 Å². The van der Waals surface area contributed by atoms with Gasteiger partial charge in [-0.3, -0.25) is 4.79 Å².